The third-order valence-electron chi connectivity index (χ3n) is 4.38. The first-order valence-corrected chi connectivity index (χ1v) is 10.4. The zero-order valence-corrected chi connectivity index (χ0v) is 16.5. The lowest BCUT2D eigenvalue weighted by molar-refractivity contribution is 0.549. The molecule has 0 aliphatic heterocycles. The van der Waals surface area contributed by atoms with Crippen LogP contribution in [0.1, 0.15) is 11.3 Å². The standard InChI is InChI=1S/C19H13ClF2N4O2S/c1-10-13-8-23-18(24-19(13)26-25-10)12-4-2-11(3-5-12)9-29(27,28)17-6-14(20)15(21)7-16(17)22/h2-8H,9H2,1H3,(H,23,24,25,26). The van der Waals surface area contributed by atoms with E-state index in [1.807, 2.05) is 6.92 Å². The van der Waals surface area contributed by atoms with Crippen molar-refractivity contribution in [2.24, 2.45) is 0 Å². The molecule has 4 rings (SSSR count). The summed E-state index contributed by atoms with van der Waals surface area (Å²) in [7, 11) is -4.06. The highest BCUT2D eigenvalue weighted by atomic mass is 35.5. The first-order valence-electron chi connectivity index (χ1n) is 8.39. The highest BCUT2D eigenvalue weighted by Crippen LogP contribution is 2.26. The number of aromatic amines is 1. The number of sulfone groups is 1. The number of nitrogens with one attached hydrogen (secondary N) is 1. The van der Waals surface area contributed by atoms with Gasteiger partial charge in [-0.15, -0.1) is 0 Å². The lowest BCUT2D eigenvalue weighted by atomic mass is 10.1. The van der Waals surface area contributed by atoms with E-state index in [2.05, 4.69) is 20.2 Å². The largest absolute Gasteiger partial charge is 0.280 e. The number of aryl methyl sites for hydroxylation is 1. The Balaban J connectivity index is 1.61. The number of rotatable bonds is 4. The topological polar surface area (TPSA) is 88.6 Å². The molecule has 4 aromatic rings. The molecule has 1 N–H and O–H groups in total. The molecule has 2 aromatic heterocycles. The normalized spacial score (nSPS) is 11.9. The quantitative estimate of drug-likeness (QED) is 0.383. The van der Waals surface area contributed by atoms with Gasteiger partial charge in [-0.2, -0.15) is 5.10 Å². The second kappa shape index (κ2) is 7.16. The molecule has 0 saturated carbocycles. The summed E-state index contributed by atoms with van der Waals surface area (Å²) in [6.07, 6.45) is 1.66. The van der Waals surface area contributed by atoms with E-state index in [-0.39, 0.29) is 0 Å². The van der Waals surface area contributed by atoms with Crippen molar-refractivity contribution in [3.63, 3.8) is 0 Å². The Bertz CT molecular complexity index is 1340. The number of fused-ring (bicyclic) bond motifs is 1. The summed E-state index contributed by atoms with van der Waals surface area (Å²) in [5.74, 6) is -2.23. The Kier molecular flexibility index (Phi) is 4.79. The molecule has 0 bridgehead atoms. The predicted octanol–water partition coefficient (Wildman–Crippen LogP) is 4.23. The van der Waals surface area contributed by atoms with Crippen LogP contribution in [0, 0.1) is 18.6 Å². The molecule has 0 unspecified atom stereocenters. The summed E-state index contributed by atoms with van der Waals surface area (Å²) in [5, 5.41) is 7.29. The number of hydrogen-bond acceptors (Lipinski definition) is 5. The Morgan fingerprint density at radius 3 is 2.55 bits per heavy atom. The van der Waals surface area contributed by atoms with Gasteiger partial charge in [0.15, 0.2) is 21.3 Å². The molecule has 0 spiro atoms. The van der Waals surface area contributed by atoms with Crippen molar-refractivity contribution < 1.29 is 17.2 Å². The molecular weight excluding hydrogens is 422 g/mol. The highest BCUT2D eigenvalue weighted by Gasteiger charge is 2.22. The number of halogens is 3. The fraction of sp³-hybridized carbons (Fsp3) is 0.105. The highest BCUT2D eigenvalue weighted by molar-refractivity contribution is 7.90. The molecule has 0 atom stereocenters. The van der Waals surface area contributed by atoms with Gasteiger partial charge in [0.05, 0.1) is 16.2 Å². The summed E-state index contributed by atoms with van der Waals surface area (Å²) in [5.41, 5.74) is 2.48. The van der Waals surface area contributed by atoms with Gasteiger partial charge in [-0.1, -0.05) is 35.9 Å². The molecule has 10 heteroatoms. The maximum absolute atomic E-state index is 13.9. The molecule has 2 aromatic carbocycles. The van der Waals surface area contributed by atoms with Crippen LogP contribution in [0.2, 0.25) is 5.02 Å². The molecule has 0 aliphatic rings. The second-order valence-corrected chi connectivity index (χ2v) is 8.80. The Hall–Kier alpha value is -2.91. The van der Waals surface area contributed by atoms with Crippen LogP contribution in [0.25, 0.3) is 22.4 Å². The third-order valence-corrected chi connectivity index (χ3v) is 6.37. The van der Waals surface area contributed by atoms with Crippen LogP contribution in [0.3, 0.4) is 0 Å². The first kappa shape index (κ1) is 19.4. The van der Waals surface area contributed by atoms with E-state index in [1.54, 1.807) is 30.5 Å². The van der Waals surface area contributed by atoms with Gasteiger partial charge in [0.25, 0.3) is 0 Å². The first-order chi connectivity index (χ1) is 13.7. The van der Waals surface area contributed by atoms with Crippen molar-refractivity contribution in [3.8, 4) is 11.4 Å². The minimum Gasteiger partial charge on any atom is -0.280 e. The SMILES string of the molecule is Cc1[nH]nc2nc(-c3ccc(CS(=O)(=O)c4cc(Cl)c(F)cc4F)cc3)ncc12. The van der Waals surface area contributed by atoms with E-state index in [0.717, 1.165) is 17.1 Å². The summed E-state index contributed by atoms with van der Waals surface area (Å²) in [6, 6.07) is 7.74. The molecule has 0 saturated heterocycles. The zero-order valence-electron chi connectivity index (χ0n) is 14.9. The zero-order chi connectivity index (χ0) is 20.8. The van der Waals surface area contributed by atoms with Crippen LogP contribution < -0.4 is 0 Å². The van der Waals surface area contributed by atoms with Crippen LogP contribution in [0.5, 0.6) is 0 Å². The van der Waals surface area contributed by atoms with E-state index < -0.39 is 37.1 Å². The van der Waals surface area contributed by atoms with E-state index >= 15 is 0 Å². The summed E-state index contributed by atoms with van der Waals surface area (Å²) >= 11 is 5.60. The summed E-state index contributed by atoms with van der Waals surface area (Å²) < 4.78 is 52.3. The van der Waals surface area contributed by atoms with E-state index in [9.17, 15) is 17.2 Å². The number of H-pyrrole nitrogens is 1. The summed E-state index contributed by atoms with van der Waals surface area (Å²) in [6.45, 7) is 1.87. The van der Waals surface area contributed by atoms with Crippen LogP contribution in [0.15, 0.2) is 47.5 Å². The molecule has 0 radical (unpaired) electrons. The molecule has 2 heterocycles. The minimum absolute atomic E-state index is 0.422. The number of benzene rings is 2. The van der Waals surface area contributed by atoms with E-state index in [4.69, 9.17) is 11.6 Å². The Morgan fingerprint density at radius 2 is 1.83 bits per heavy atom. The summed E-state index contributed by atoms with van der Waals surface area (Å²) in [4.78, 5) is 8.04. The van der Waals surface area contributed by atoms with E-state index in [0.29, 0.717) is 28.7 Å². The maximum Gasteiger partial charge on any atom is 0.185 e. The molecule has 0 fully saturated rings. The van der Waals surface area contributed by atoms with Gasteiger partial charge < -0.3 is 0 Å². The molecule has 6 nitrogen and oxygen atoms in total. The molecule has 0 aliphatic carbocycles. The van der Waals surface area contributed by atoms with Crippen molar-refractivity contribution in [2.75, 3.05) is 0 Å². The molecule has 29 heavy (non-hydrogen) atoms. The Morgan fingerprint density at radius 1 is 1.10 bits per heavy atom. The number of aromatic nitrogens is 4. The monoisotopic (exact) mass is 434 g/mol. The van der Waals surface area contributed by atoms with Gasteiger partial charge in [-0.3, -0.25) is 5.10 Å². The fourth-order valence-electron chi connectivity index (χ4n) is 2.85. The van der Waals surface area contributed by atoms with Crippen LogP contribution in [-0.2, 0) is 15.6 Å². The lowest BCUT2D eigenvalue weighted by Crippen LogP contribution is -2.08. The molecule has 0 amide bonds. The number of nitrogens with zero attached hydrogens (tertiary/aromatic N) is 3. The smallest absolute Gasteiger partial charge is 0.185 e. The second-order valence-electron chi connectivity index (χ2n) is 6.43. The van der Waals surface area contributed by atoms with Crippen LogP contribution >= 0.6 is 11.6 Å². The van der Waals surface area contributed by atoms with Crippen molar-refractivity contribution in [2.45, 2.75) is 17.6 Å². The van der Waals surface area contributed by atoms with Gasteiger partial charge in [-0.25, -0.2) is 27.2 Å². The van der Waals surface area contributed by atoms with Gasteiger partial charge in [-0.05, 0) is 18.6 Å². The minimum atomic E-state index is -4.06. The fourth-order valence-corrected chi connectivity index (χ4v) is 4.52. The third kappa shape index (κ3) is 3.70. The van der Waals surface area contributed by atoms with Crippen molar-refractivity contribution in [1.29, 1.82) is 0 Å². The van der Waals surface area contributed by atoms with Crippen LogP contribution in [0.4, 0.5) is 8.78 Å². The van der Waals surface area contributed by atoms with Gasteiger partial charge in [0.2, 0.25) is 0 Å². The van der Waals surface area contributed by atoms with Crippen molar-refractivity contribution in [1.82, 2.24) is 20.2 Å². The average Bonchev–Trinajstić information content (AvgIpc) is 3.05. The lowest BCUT2D eigenvalue weighted by Gasteiger charge is -2.08. The van der Waals surface area contributed by atoms with Crippen molar-refractivity contribution in [3.05, 3.63) is 70.5 Å². The maximum atomic E-state index is 13.9. The number of hydrogen-bond donors (Lipinski definition) is 1. The van der Waals surface area contributed by atoms with Crippen molar-refractivity contribution >= 4 is 32.5 Å². The average molecular weight is 435 g/mol. The van der Waals surface area contributed by atoms with E-state index in [1.165, 1.54) is 0 Å². The van der Waals surface area contributed by atoms with Gasteiger partial charge in [0.1, 0.15) is 16.5 Å². The predicted molar refractivity (Wildman–Crippen MR) is 104 cm³/mol. The Labute approximate surface area is 169 Å². The molecule has 148 valence electrons. The van der Waals surface area contributed by atoms with Crippen LogP contribution in [-0.4, -0.2) is 28.6 Å². The molecular formula is C19H13ClF2N4O2S. The van der Waals surface area contributed by atoms with Gasteiger partial charge >= 0.3 is 0 Å². The van der Waals surface area contributed by atoms with Gasteiger partial charge in [0, 0.05) is 23.5 Å².